The van der Waals surface area contributed by atoms with Crippen molar-refractivity contribution < 1.29 is 22.7 Å². The number of anilines is 1. The van der Waals surface area contributed by atoms with Crippen molar-refractivity contribution in [3.05, 3.63) is 48.0 Å². The SMILES string of the molecule is COc1ccc2nc(N(CCCN3CCOCC3)C(=O)c3ccc(S(=O)(=O)N4CCCC4)cc3)sc2c1. The van der Waals surface area contributed by atoms with Crippen LogP contribution in [0.25, 0.3) is 10.2 Å². The molecule has 2 aromatic carbocycles. The molecule has 198 valence electrons. The number of thiazole rings is 1. The summed E-state index contributed by atoms with van der Waals surface area (Å²) in [7, 11) is -1.91. The van der Waals surface area contributed by atoms with Crippen LogP contribution in [-0.4, -0.2) is 88.1 Å². The molecule has 9 nitrogen and oxygen atoms in total. The summed E-state index contributed by atoms with van der Waals surface area (Å²) >= 11 is 1.45. The number of carbonyl (C=O) groups excluding carboxylic acids is 1. The van der Waals surface area contributed by atoms with Crippen LogP contribution in [-0.2, 0) is 14.8 Å². The number of carbonyl (C=O) groups is 1. The molecule has 0 N–H and O–H groups in total. The van der Waals surface area contributed by atoms with Gasteiger partial charge in [-0.15, -0.1) is 0 Å². The minimum Gasteiger partial charge on any atom is -0.497 e. The summed E-state index contributed by atoms with van der Waals surface area (Å²) in [5.41, 5.74) is 1.24. The van der Waals surface area contributed by atoms with Gasteiger partial charge in [-0.05, 0) is 61.7 Å². The van der Waals surface area contributed by atoms with E-state index in [4.69, 9.17) is 14.5 Å². The summed E-state index contributed by atoms with van der Waals surface area (Å²) in [6, 6.07) is 12.0. The first-order chi connectivity index (χ1) is 18.0. The smallest absolute Gasteiger partial charge is 0.260 e. The Bertz CT molecular complexity index is 1330. The van der Waals surface area contributed by atoms with Gasteiger partial charge < -0.3 is 9.47 Å². The fourth-order valence-corrected chi connectivity index (χ4v) is 7.23. The molecule has 3 heterocycles. The standard InChI is InChI=1S/C26H32N4O5S2/c1-34-21-7-10-23-24(19-21)36-26(27-23)30(14-4-11-28-15-17-35-18-16-28)25(31)20-5-8-22(9-6-20)37(32,33)29-12-2-3-13-29/h5-10,19H,2-4,11-18H2,1H3. The highest BCUT2D eigenvalue weighted by atomic mass is 32.2. The number of nitrogens with zero attached hydrogens (tertiary/aromatic N) is 4. The van der Waals surface area contributed by atoms with E-state index in [1.54, 1.807) is 24.1 Å². The fraction of sp³-hybridized carbons (Fsp3) is 0.462. The quantitative estimate of drug-likeness (QED) is 0.407. The molecule has 2 fully saturated rings. The van der Waals surface area contributed by atoms with Gasteiger partial charge in [0.1, 0.15) is 5.75 Å². The molecular weight excluding hydrogens is 512 g/mol. The second-order valence-corrected chi connectivity index (χ2v) is 12.2. The third kappa shape index (κ3) is 5.80. The molecule has 1 amide bonds. The van der Waals surface area contributed by atoms with E-state index >= 15 is 0 Å². The average Bonchev–Trinajstić information content (AvgIpc) is 3.62. The first-order valence-corrected chi connectivity index (χ1v) is 14.9. The van der Waals surface area contributed by atoms with Gasteiger partial charge in [-0.1, -0.05) is 11.3 Å². The maximum Gasteiger partial charge on any atom is 0.260 e. The third-order valence-electron chi connectivity index (χ3n) is 6.82. The predicted octanol–water partition coefficient (Wildman–Crippen LogP) is 3.46. The zero-order valence-corrected chi connectivity index (χ0v) is 22.6. The van der Waals surface area contributed by atoms with Gasteiger partial charge in [0.05, 0.1) is 35.4 Å². The van der Waals surface area contributed by atoms with Crippen LogP contribution in [0.4, 0.5) is 5.13 Å². The van der Waals surface area contributed by atoms with Crippen molar-refractivity contribution in [1.29, 1.82) is 0 Å². The monoisotopic (exact) mass is 544 g/mol. The third-order valence-corrected chi connectivity index (χ3v) is 9.78. The molecule has 2 saturated heterocycles. The molecule has 0 bridgehead atoms. The zero-order chi connectivity index (χ0) is 25.8. The Morgan fingerprint density at radius 3 is 2.51 bits per heavy atom. The number of hydrogen-bond acceptors (Lipinski definition) is 8. The second kappa shape index (κ2) is 11.4. The molecule has 2 aliphatic rings. The lowest BCUT2D eigenvalue weighted by Gasteiger charge is -2.27. The fourth-order valence-electron chi connectivity index (χ4n) is 4.70. The van der Waals surface area contributed by atoms with Crippen molar-refractivity contribution in [2.24, 2.45) is 0 Å². The summed E-state index contributed by atoms with van der Waals surface area (Å²) in [5.74, 6) is 0.542. The Morgan fingerprint density at radius 1 is 1.08 bits per heavy atom. The predicted molar refractivity (Wildman–Crippen MR) is 144 cm³/mol. The molecule has 0 unspecified atom stereocenters. The summed E-state index contributed by atoms with van der Waals surface area (Å²) in [6.07, 6.45) is 2.54. The maximum atomic E-state index is 13.7. The van der Waals surface area contributed by atoms with Gasteiger partial charge in [-0.2, -0.15) is 4.31 Å². The minimum atomic E-state index is -3.53. The van der Waals surface area contributed by atoms with Gasteiger partial charge in [0, 0.05) is 44.8 Å². The number of fused-ring (bicyclic) bond motifs is 1. The van der Waals surface area contributed by atoms with E-state index < -0.39 is 10.0 Å². The van der Waals surface area contributed by atoms with Crippen molar-refractivity contribution in [3.8, 4) is 5.75 Å². The Labute approximate surface area is 221 Å². The number of sulfonamides is 1. The lowest BCUT2D eigenvalue weighted by Crippen LogP contribution is -2.39. The normalized spacial score (nSPS) is 17.3. The number of morpholine rings is 1. The highest BCUT2D eigenvalue weighted by molar-refractivity contribution is 7.89. The van der Waals surface area contributed by atoms with Crippen LogP contribution in [0.3, 0.4) is 0 Å². The number of aromatic nitrogens is 1. The van der Waals surface area contributed by atoms with E-state index in [9.17, 15) is 13.2 Å². The van der Waals surface area contributed by atoms with Crippen molar-refractivity contribution in [3.63, 3.8) is 0 Å². The number of amides is 1. The average molecular weight is 545 g/mol. The Hall–Kier alpha value is -2.57. The Balaban J connectivity index is 1.38. The molecule has 0 saturated carbocycles. The first-order valence-electron chi connectivity index (χ1n) is 12.6. The number of ether oxygens (including phenoxy) is 2. The molecule has 3 aromatic rings. The van der Waals surface area contributed by atoms with Crippen LogP contribution in [0.15, 0.2) is 47.4 Å². The summed E-state index contributed by atoms with van der Waals surface area (Å²) in [5, 5.41) is 0.615. The largest absolute Gasteiger partial charge is 0.497 e. The summed E-state index contributed by atoms with van der Waals surface area (Å²) in [6.45, 7) is 5.69. The van der Waals surface area contributed by atoms with Crippen LogP contribution in [0.5, 0.6) is 5.75 Å². The lowest BCUT2D eigenvalue weighted by atomic mass is 10.2. The van der Waals surface area contributed by atoms with Crippen LogP contribution in [0.2, 0.25) is 0 Å². The molecule has 0 aliphatic carbocycles. The second-order valence-electron chi connectivity index (χ2n) is 9.23. The minimum absolute atomic E-state index is 0.196. The first kappa shape index (κ1) is 26.1. The molecule has 11 heteroatoms. The van der Waals surface area contributed by atoms with Gasteiger partial charge in [0.15, 0.2) is 5.13 Å². The van der Waals surface area contributed by atoms with Crippen LogP contribution in [0.1, 0.15) is 29.6 Å². The molecule has 0 spiro atoms. The van der Waals surface area contributed by atoms with E-state index in [0.717, 1.165) is 68.1 Å². The van der Waals surface area contributed by atoms with Crippen LogP contribution < -0.4 is 9.64 Å². The topological polar surface area (TPSA) is 92.3 Å². The van der Waals surface area contributed by atoms with E-state index in [2.05, 4.69) is 4.90 Å². The molecular formula is C26H32N4O5S2. The number of methoxy groups -OCH3 is 1. The molecule has 0 radical (unpaired) electrons. The number of hydrogen-bond donors (Lipinski definition) is 0. The number of rotatable bonds is 9. The Kier molecular flexibility index (Phi) is 8.06. The van der Waals surface area contributed by atoms with Crippen molar-refractivity contribution in [2.75, 3.05) is 64.5 Å². The highest BCUT2D eigenvalue weighted by Crippen LogP contribution is 2.32. The zero-order valence-electron chi connectivity index (χ0n) is 21.0. The molecule has 37 heavy (non-hydrogen) atoms. The van der Waals surface area contributed by atoms with Crippen LogP contribution >= 0.6 is 11.3 Å². The van der Waals surface area contributed by atoms with Crippen molar-refractivity contribution in [1.82, 2.24) is 14.2 Å². The van der Waals surface area contributed by atoms with Crippen molar-refractivity contribution in [2.45, 2.75) is 24.2 Å². The van der Waals surface area contributed by atoms with E-state index in [1.807, 2.05) is 18.2 Å². The highest BCUT2D eigenvalue weighted by Gasteiger charge is 2.28. The van der Waals surface area contributed by atoms with E-state index in [-0.39, 0.29) is 10.8 Å². The van der Waals surface area contributed by atoms with Gasteiger partial charge >= 0.3 is 0 Å². The Morgan fingerprint density at radius 2 is 1.81 bits per heavy atom. The van der Waals surface area contributed by atoms with Gasteiger partial charge in [-0.3, -0.25) is 14.6 Å². The van der Waals surface area contributed by atoms with Crippen molar-refractivity contribution >= 4 is 42.6 Å². The summed E-state index contributed by atoms with van der Waals surface area (Å²) < 4.78 is 39.1. The maximum absolute atomic E-state index is 13.7. The molecule has 5 rings (SSSR count). The molecule has 2 aliphatic heterocycles. The van der Waals surface area contributed by atoms with Gasteiger partial charge in [-0.25, -0.2) is 13.4 Å². The van der Waals surface area contributed by atoms with Crippen LogP contribution in [0, 0.1) is 0 Å². The number of benzene rings is 2. The van der Waals surface area contributed by atoms with Gasteiger partial charge in [0.2, 0.25) is 10.0 Å². The van der Waals surface area contributed by atoms with E-state index in [1.165, 1.54) is 27.8 Å². The van der Waals surface area contributed by atoms with Gasteiger partial charge in [0.25, 0.3) is 5.91 Å². The lowest BCUT2D eigenvalue weighted by molar-refractivity contribution is 0.0376. The molecule has 1 aromatic heterocycles. The summed E-state index contributed by atoms with van der Waals surface area (Å²) in [4.78, 5) is 22.7. The van der Waals surface area contributed by atoms with E-state index in [0.29, 0.717) is 30.3 Å². The molecule has 0 atom stereocenters.